The van der Waals surface area contributed by atoms with E-state index in [1.54, 1.807) is 60.7 Å². The van der Waals surface area contributed by atoms with Crippen molar-refractivity contribution in [2.24, 2.45) is 0 Å². The second-order valence-corrected chi connectivity index (χ2v) is 7.61. The van der Waals surface area contributed by atoms with Crippen LogP contribution in [0.5, 0.6) is 0 Å². The third kappa shape index (κ3) is 3.99. The summed E-state index contributed by atoms with van der Waals surface area (Å²) in [4.78, 5) is 37.8. The van der Waals surface area contributed by atoms with Crippen LogP contribution in [0.4, 0.5) is 10.2 Å². The summed E-state index contributed by atoms with van der Waals surface area (Å²) in [5, 5.41) is 2.71. The van der Waals surface area contributed by atoms with Crippen molar-refractivity contribution in [3.05, 3.63) is 91.4 Å². The van der Waals surface area contributed by atoms with Crippen molar-refractivity contribution in [3.8, 4) is 0 Å². The average molecular weight is 460 g/mol. The number of nitrogens with zero attached hydrogens (tertiary/aromatic N) is 4. The Balaban J connectivity index is 1.44. The van der Waals surface area contributed by atoms with Gasteiger partial charge in [-0.15, -0.1) is 0 Å². The van der Waals surface area contributed by atoms with Gasteiger partial charge in [0.2, 0.25) is 0 Å². The van der Waals surface area contributed by atoms with Crippen molar-refractivity contribution in [1.29, 1.82) is 0 Å². The molecule has 2 aromatic heterocycles. The molecular formula is C24H19FN5O4. The number of carbonyl (C=O) groups excluding carboxylic acids is 2. The van der Waals surface area contributed by atoms with Crippen molar-refractivity contribution >= 4 is 28.9 Å². The second kappa shape index (κ2) is 8.99. The summed E-state index contributed by atoms with van der Waals surface area (Å²) in [5.74, 6) is -0.884. The SMILES string of the molecule is [CH2][C@H]1O[C@@H](n2cnc3c(NC(=O)c4ccccc4)ncnc32)[C@H](OC(=O)c2ccccc2)[C@@H]1F. The number of hydrogen-bond acceptors (Lipinski definition) is 7. The zero-order valence-electron chi connectivity index (χ0n) is 17.7. The number of rotatable bonds is 5. The molecule has 1 saturated heterocycles. The lowest BCUT2D eigenvalue weighted by Crippen LogP contribution is -2.32. The number of nitrogens with one attached hydrogen (secondary N) is 1. The number of hydrogen-bond donors (Lipinski definition) is 1. The minimum atomic E-state index is -1.67. The number of esters is 1. The number of alkyl halides is 1. The van der Waals surface area contributed by atoms with E-state index < -0.39 is 30.6 Å². The van der Waals surface area contributed by atoms with Gasteiger partial charge in [-0.3, -0.25) is 9.36 Å². The maximum absolute atomic E-state index is 15.0. The number of anilines is 1. The standard InChI is InChI=1S/C24H19FN5O4/c1-14-17(25)19(34-24(32)16-10-6-3-7-11-16)23(33-14)30-13-28-18-20(26-12-27-21(18)30)29-22(31)15-8-4-2-5-9-15/h2-14,17,19,23H,1H2,(H,26,27,29,31)/t14-,17-,19-,23-/m1/s1. The Hall–Kier alpha value is -4.18. The predicted molar refractivity (Wildman–Crippen MR) is 120 cm³/mol. The number of halogens is 1. The number of ether oxygens (including phenoxy) is 2. The lowest BCUT2D eigenvalue weighted by atomic mass is 10.1. The molecule has 3 heterocycles. The molecule has 9 nitrogen and oxygen atoms in total. The molecule has 0 unspecified atom stereocenters. The Labute approximate surface area is 193 Å². The van der Waals surface area contributed by atoms with Crippen LogP contribution in [0.1, 0.15) is 26.9 Å². The summed E-state index contributed by atoms with van der Waals surface area (Å²) in [7, 11) is 0. The van der Waals surface area contributed by atoms with Gasteiger partial charge in [0.05, 0.1) is 18.0 Å². The molecule has 0 saturated carbocycles. The van der Waals surface area contributed by atoms with Crippen LogP contribution in [0.2, 0.25) is 0 Å². The van der Waals surface area contributed by atoms with E-state index >= 15 is 0 Å². The van der Waals surface area contributed by atoms with Gasteiger partial charge < -0.3 is 14.8 Å². The molecule has 1 radical (unpaired) electrons. The molecule has 34 heavy (non-hydrogen) atoms. The molecule has 10 heteroatoms. The van der Waals surface area contributed by atoms with Crippen LogP contribution >= 0.6 is 0 Å². The Morgan fingerprint density at radius 2 is 1.68 bits per heavy atom. The molecule has 0 aliphatic carbocycles. The third-order valence-electron chi connectivity index (χ3n) is 5.42. The van der Waals surface area contributed by atoms with Gasteiger partial charge in [-0.05, 0) is 31.2 Å². The molecule has 5 rings (SSSR count). The Morgan fingerprint density at radius 1 is 1.00 bits per heavy atom. The average Bonchev–Trinajstić information content (AvgIpc) is 3.42. The summed E-state index contributed by atoms with van der Waals surface area (Å²) in [6.07, 6.45) is -2.48. The summed E-state index contributed by atoms with van der Waals surface area (Å²) < 4.78 is 27.5. The molecule has 4 atom stereocenters. The van der Waals surface area contributed by atoms with Crippen LogP contribution < -0.4 is 5.32 Å². The Bertz CT molecular complexity index is 1330. The molecule has 1 N–H and O–H groups in total. The molecule has 0 bridgehead atoms. The van der Waals surface area contributed by atoms with Gasteiger partial charge in [-0.1, -0.05) is 36.4 Å². The zero-order valence-corrected chi connectivity index (χ0v) is 17.7. The van der Waals surface area contributed by atoms with E-state index in [-0.39, 0.29) is 28.5 Å². The number of carbonyl (C=O) groups is 2. The second-order valence-electron chi connectivity index (χ2n) is 7.61. The van der Waals surface area contributed by atoms with Crippen molar-refractivity contribution < 1.29 is 23.5 Å². The van der Waals surface area contributed by atoms with E-state index in [2.05, 4.69) is 27.2 Å². The first-order chi connectivity index (χ1) is 16.5. The first-order valence-electron chi connectivity index (χ1n) is 10.5. The van der Waals surface area contributed by atoms with Crippen molar-refractivity contribution in [2.75, 3.05) is 5.32 Å². The van der Waals surface area contributed by atoms with Crippen LogP contribution in [0, 0.1) is 6.92 Å². The van der Waals surface area contributed by atoms with E-state index in [1.165, 1.54) is 17.2 Å². The fourth-order valence-electron chi connectivity index (χ4n) is 3.71. The van der Waals surface area contributed by atoms with E-state index in [0.29, 0.717) is 5.56 Å². The highest BCUT2D eigenvalue weighted by molar-refractivity contribution is 6.06. The summed E-state index contributed by atoms with van der Waals surface area (Å²) in [6.45, 7) is 3.67. The van der Waals surface area contributed by atoms with Gasteiger partial charge in [0.25, 0.3) is 5.91 Å². The van der Waals surface area contributed by atoms with Crippen LogP contribution in [0.3, 0.4) is 0 Å². The highest BCUT2D eigenvalue weighted by Crippen LogP contribution is 2.36. The lowest BCUT2D eigenvalue weighted by molar-refractivity contribution is -0.0405. The fourth-order valence-corrected chi connectivity index (χ4v) is 3.71. The predicted octanol–water partition coefficient (Wildman–Crippen LogP) is 3.37. The first kappa shape index (κ1) is 21.7. The van der Waals surface area contributed by atoms with Crippen LogP contribution in [-0.4, -0.2) is 49.8 Å². The molecule has 1 amide bonds. The molecule has 1 aliphatic rings. The number of imidazole rings is 1. The number of benzene rings is 2. The van der Waals surface area contributed by atoms with E-state index in [0.717, 1.165) is 0 Å². The lowest BCUT2D eigenvalue weighted by Gasteiger charge is -2.21. The van der Waals surface area contributed by atoms with Crippen molar-refractivity contribution in [2.45, 2.75) is 24.6 Å². The number of fused-ring (bicyclic) bond motifs is 1. The summed E-state index contributed by atoms with van der Waals surface area (Å²) in [6, 6.07) is 16.9. The molecule has 0 spiro atoms. The van der Waals surface area contributed by atoms with Crippen LogP contribution in [-0.2, 0) is 9.47 Å². The third-order valence-corrected chi connectivity index (χ3v) is 5.42. The Morgan fingerprint density at radius 3 is 2.38 bits per heavy atom. The highest BCUT2D eigenvalue weighted by Gasteiger charge is 2.47. The monoisotopic (exact) mass is 460 g/mol. The molecule has 171 valence electrons. The number of amides is 1. The molecule has 2 aromatic carbocycles. The van der Waals surface area contributed by atoms with E-state index in [9.17, 15) is 14.0 Å². The minimum absolute atomic E-state index is 0.177. The van der Waals surface area contributed by atoms with Gasteiger partial charge in [-0.25, -0.2) is 24.1 Å². The van der Waals surface area contributed by atoms with Gasteiger partial charge in [0.15, 0.2) is 35.5 Å². The summed E-state index contributed by atoms with van der Waals surface area (Å²) >= 11 is 0. The smallest absolute Gasteiger partial charge is 0.338 e. The number of aromatic nitrogens is 4. The van der Waals surface area contributed by atoms with Gasteiger partial charge in [0, 0.05) is 5.56 Å². The minimum Gasteiger partial charge on any atom is -0.451 e. The van der Waals surface area contributed by atoms with Gasteiger partial charge >= 0.3 is 5.97 Å². The first-order valence-corrected chi connectivity index (χ1v) is 10.5. The topological polar surface area (TPSA) is 108 Å². The van der Waals surface area contributed by atoms with Gasteiger partial charge in [-0.2, -0.15) is 0 Å². The van der Waals surface area contributed by atoms with E-state index in [4.69, 9.17) is 9.47 Å². The highest BCUT2D eigenvalue weighted by atomic mass is 19.1. The Kier molecular flexibility index (Phi) is 5.72. The van der Waals surface area contributed by atoms with Crippen LogP contribution in [0.15, 0.2) is 73.3 Å². The van der Waals surface area contributed by atoms with Crippen molar-refractivity contribution in [3.63, 3.8) is 0 Å². The van der Waals surface area contributed by atoms with Gasteiger partial charge in [0.1, 0.15) is 6.33 Å². The molecule has 1 fully saturated rings. The van der Waals surface area contributed by atoms with Crippen molar-refractivity contribution in [1.82, 2.24) is 19.5 Å². The quantitative estimate of drug-likeness (QED) is 0.455. The zero-order chi connectivity index (χ0) is 23.7. The van der Waals surface area contributed by atoms with Crippen LogP contribution in [0.25, 0.3) is 11.2 Å². The normalized spacial score (nSPS) is 21.9. The molecular weight excluding hydrogens is 441 g/mol. The maximum atomic E-state index is 15.0. The fraction of sp³-hybridized carbons (Fsp3) is 0.167. The largest absolute Gasteiger partial charge is 0.451 e. The molecule has 1 aliphatic heterocycles. The molecule has 4 aromatic rings. The maximum Gasteiger partial charge on any atom is 0.338 e. The van der Waals surface area contributed by atoms with E-state index in [1.807, 2.05) is 0 Å². The summed E-state index contributed by atoms with van der Waals surface area (Å²) in [5.41, 5.74) is 1.27.